The fourth-order valence-electron chi connectivity index (χ4n) is 1.94. The smallest absolute Gasteiger partial charge is 0.269 e. The van der Waals surface area contributed by atoms with Crippen LogP contribution in [0.2, 0.25) is 0 Å². The summed E-state index contributed by atoms with van der Waals surface area (Å²) in [7, 11) is 0. The summed E-state index contributed by atoms with van der Waals surface area (Å²) < 4.78 is 12.1. The molecule has 20 heavy (non-hydrogen) atoms. The Labute approximate surface area is 124 Å². The zero-order chi connectivity index (χ0) is 13.9. The van der Waals surface area contributed by atoms with Crippen LogP contribution in [0, 0.1) is 0 Å². The van der Waals surface area contributed by atoms with Crippen molar-refractivity contribution in [3.05, 3.63) is 53.0 Å². The standard InChI is InChI=1S/C15H12BrNO3/c16-10-4-3-5-11(8-10)17-15(18)14-9-19-12-6-1-2-7-13(12)20-14/h1-8,14H,9H2,(H,17,18)/t14-/m1/s1. The van der Waals surface area contributed by atoms with E-state index in [9.17, 15) is 4.79 Å². The Balaban J connectivity index is 1.70. The molecular formula is C15H12BrNO3. The van der Waals surface area contributed by atoms with Gasteiger partial charge < -0.3 is 14.8 Å². The average molecular weight is 334 g/mol. The largest absolute Gasteiger partial charge is 0.485 e. The Morgan fingerprint density at radius 2 is 1.95 bits per heavy atom. The van der Waals surface area contributed by atoms with Crippen LogP contribution in [0.15, 0.2) is 53.0 Å². The normalized spacial score (nSPS) is 16.6. The second-order valence-electron chi connectivity index (χ2n) is 4.36. The first-order chi connectivity index (χ1) is 9.72. The molecule has 4 nitrogen and oxygen atoms in total. The lowest BCUT2D eigenvalue weighted by atomic mass is 10.2. The number of nitrogens with one attached hydrogen (secondary N) is 1. The van der Waals surface area contributed by atoms with E-state index < -0.39 is 6.10 Å². The Bertz CT molecular complexity index is 645. The highest BCUT2D eigenvalue weighted by molar-refractivity contribution is 9.10. The van der Waals surface area contributed by atoms with E-state index in [-0.39, 0.29) is 12.5 Å². The molecule has 102 valence electrons. The minimum absolute atomic E-state index is 0.205. The van der Waals surface area contributed by atoms with E-state index in [4.69, 9.17) is 9.47 Å². The van der Waals surface area contributed by atoms with Crippen molar-refractivity contribution < 1.29 is 14.3 Å². The molecule has 2 aromatic carbocycles. The fraction of sp³-hybridized carbons (Fsp3) is 0.133. The predicted molar refractivity (Wildman–Crippen MR) is 79.1 cm³/mol. The number of anilines is 1. The summed E-state index contributed by atoms with van der Waals surface area (Å²) in [6.45, 7) is 0.205. The van der Waals surface area contributed by atoms with Crippen LogP contribution in [0.3, 0.4) is 0 Å². The summed E-state index contributed by atoms with van der Waals surface area (Å²) in [6, 6.07) is 14.7. The Morgan fingerprint density at radius 3 is 2.75 bits per heavy atom. The number of ether oxygens (including phenoxy) is 2. The third kappa shape index (κ3) is 2.77. The maximum atomic E-state index is 12.2. The van der Waals surface area contributed by atoms with E-state index in [0.717, 1.165) is 4.47 Å². The van der Waals surface area contributed by atoms with Gasteiger partial charge in [-0.2, -0.15) is 0 Å². The molecule has 1 amide bonds. The molecule has 1 N–H and O–H groups in total. The number of halogens is 1. The number of hydrogen-bond donors (Lipinski definition) is 1. The zero-order valence-corrected chi connectivity index (χ0v) is 12.1. The molecule has 0 bridgehead atoms. The number of rotatable bonds is 2. The topological polar surface area (TPSA) is 47.6 Å². The van der Waals surface area contributed by atoms with Crippen LogP contribution in [0.25, 0.3) is 0 Å². The van der Waals surface area contributed by atoms with Gasteiger partial charge >= 0.3 is 0 Å². The van der Waals surface area contributed by atoms with Crippen molar-refractivity contribution in [2.24, 2.45) is 0 Å². The van der Waals surface area contributed by atoms with Crippen LogP contribution in [0.5, 0.6) is 11.5 Å². The van der Waals surface area contributed by atoms with Gasteiger partial charge in [0.15, 0.2) is 11.5 Å². The third-order valence-electron chi connectivity index (χ3n) is 2.89. The molecule has 1 atom stereocenters. The van der Waals surface area contributed by atoms with Gasteiger partial charge in [0.05, 0.1) is 0 Å². The van der Waals surface area contributed by atoms with Gasteiger partial charge in [-0.1, -0.05) is 34.1 Å². The van der Waals surface area contributed by atoms with E-state index in [0.29, 0.717) is 17.2 Å². The molecule has 0 aliphatic carbocycles. The third-order valence-corrected chi connectivity index (χ3v) is 3.39. The molecule has 1 heterocycles. The zero-order valence-electron chi connectivity index (χ0n) is 10.5. The lowest BCUT2D eigenvalue weighted by Crippen LogP contribution is -2.40. The second kappa shape index (κ2) is 5.54. The molecule has 0 saturated heterocycles. The summed E-state index contributed by atoms with van der Waals surface area (Å²) in [4.78, 5) is 12.2. The highest BCUT2D eigenvalue weighted by Gasteiger charge is 2.27. The first-order valence-electron chi connectivity index (χ1n) is 6.17. The molecule has 0 saturated carbocycles. The van der Waals surface area contributed by atoms with Crippen molar-refractivity contribution in [3.63, 3.8) is 0 Å². The molecule has 3 rings (SSSR count). The van der Waals surface area contributed by atoms with Crippen LogP contribution in [-0.2, 0) is 4.79 Å². The van der Waals surface area contributed by atoms with Gasteiger partial charge in [0.1, 0.15) is 6.61 Å². The molecule has 0 aromatic heterocycles. The predicted octanol–water partition coefficient (Wildman–Crippen LogP) is 3.23. The van der Waals surface area contributed by atoms with Crippen molar-refractivity contribution in [3.8, 4) is 11.5 Å². The summed E-state index contributed by atoms with van der Waals surface area (Å²) >= 11 is 3.36. The first-order valence-corrected chi connectivity index (χ1v) is 6.96. The van der Waals surface area contributed by atoms with E-state index in [1.54, 1.807) is 6.07 Å². The Morgan fingerprint density at radius 1 is 1.15 bits per heavy atom. The molecular weight excluding hydrogens is 322 g/mol. The van der Waals surface area contributed by atoms with Crippen molar-refractivity contribution in [2.45, 2.75) is 6.10 Å². The van der Waals surface area contributed by atoms with E-state index in [1.165, 1.54) is 0 Å². The van der Waals surface area contributed by atoms with Crippen molar-refractivity contribution in [1.29, 1.82) is 0 Å². The van der Waals surface area contributed by atoms with Crippen molar-refractivity contribution >= 4 is 27.5 Å². The van der Waals surface area contributed by atoms with Crippen LogP contribution < -0.4 is 14.8 Å². The summed E-state index contributed by atoms with van der Waals surface area (Å²) in [5, 5.41) is 2.81. The van der Waals surface area contributed by atoms with Crippen molar-refractivity contribution in [1.82, 2.24) is 0 Å². The van der Waals surface area contributed by atoms with Gasteiger partial charge in [0.2, 0.25) is 6.10 Å². The average Bonchev–Trinajstić information content (AvgIpc) is 2.47. The summed E-state index contributed by atoms with van der Waals surface area (Å²) in [6.07, 6.45) is -0.649. The lowest BCUT2D eigenvalue weighted by molar-refractivity contribution is -0.125. The number of hydrogen-bond acceptors (Lipinski definition) is 3. The lowest BCUT2D eigenvalue weighted by Gasteiger charge is -2.25. The maximum Gasteiger partial charge on any atom is 0.269 e. The van der Waals surface area contributed by atoms with E-state index in [2.05, 4.69) is 21.2 Å². The summed E-state index contributed by atoms with van der Waals surface area (Å²) in [5.41, 5.74) is 0.715. The minimum Gasteiger partial charge on any atom is -0.485 e. The minimum atomic E-state index is -0.649. The monoisotopic (exact) mass is 333 g/mol. The van der Waals surface area contributed by atoms with Gasteiger partial charge in [0.25, 0.3) is 5.91 Å². The highest BCUT2D eigenvalue weighted by atomic mass is 79.9. The fourth-order valence-corrected chi connectivity index (χ4v) is 2.34. The van der Waals surface area contributed by atoms with E-state index >= 15 is 0 Å². The number of carbonyl (C=O) groups excluding carboxylic acids is 1. The molecule has 1 aliphatic heterocycles. The number of amides is 1. The number of para-hydroxylation sites is 2. The highest BCUT2D eigenvalue weighted by Crippen LogP contribution is 2.31. The number of carbonyl (C=O) groups is 1. The molecule has 0 fully saturated rings. The first kappa shape index (κ1) is 13.0. The number of benzene rings is 2. The molecule has 0 radical (unpaired) electrons. The molecule has 0 unspecified atom stereocenters. The van der Waals surface area contributed by atoms with Gasteiger partial charge in [-0.05, 0) is 30.3 Å². The van der Waals surface area contributed by atoms with Crippen LogP contribution in [0.4, 0.5) is 5.69 Å². The van der Waals surface area contributed by atoms with E-state index in [1.807, 2.05) is 42.5 Å². The van der Waals surface area contributed by atoms with Crippen LogP contribution in [-0.4, -0.2) is 18.6 Å². The second-order valence-corrected chi connectivity index (χ2v) is 5.28. The summed E-state index contributed by atoms with van der Waals surface area (Å²) in [5.74, 6) is 1.03. The van der Waals surface area contributed by atoms with Gasteiger partial charge in [-0.15, -0.1) is 0 Å². The Hall–Kier alpha value is -2.01. The maximum absolute atomic E-state index is 12.2. The molecule has 0 spiro atoms. The molecule has 5 heteroatoms. The van der Waals surface area contributed by atoms with Gasteiger partial charge in [-0.3, -0.25) is 4.79 Å². The molecule has 2 aromatic rings. The van der Waals surface area contributed by atoms with Crippen LogP contribution in [0.1, 0.15) is 0 Å². The number of fused-ring (bicyclic) bond motifs is 1. The molecule has 1 aliphatic rings. The van der Waals surface area contributed by atoms with Gasteiger partial charge in [-0.25, -0.2) is 0 Å². The van der Waals surface area contributed by atoms with Crippen LogP contribution >= 0.6 is 15.9 Å². The van der Waals surface area contributed by atoms with Crippen molar-refractivity contribution in [2.75, 3.05) is 11.9 Å². The Kier molecular flexibility index (Phi) is 3.60. The SMILES string of the molecule is O=C(Nc1cccc(Br)c1)[C@H]1COc2ccccc2O1. The van der Waals surface area contributed by atoms with Gasteiger partial charge in [0, 0.05) is 10.2 Å². The quantitative estimate of drug-likeness (QED) is 0.917.